The van der Waals surface area contributed by atoms with E-state index < -0.39 is 35.2 Å². The molecule has 11 nitrogen and oxygen atoms in total. The van der Waals surface area contributed by atoms with Crippen molar-refractivity contribution in [3.8, 4) is 0 Å². The molecular formula is C30H27ClF9N11. The van der Waals surface area contributed by atoms with E-state index in [-0.39, 0.29) is 52.8 Å². The van der Waals surface area contributed by atoms with Crippen LogP contribution in [0.25, 0.3) is 0 Å². The second kappa shape index (κ2) is 14.0. The third-order valence-electron chi connectivity index (χ3n) is 7.40. The lowest BCUT2D eigenvalue weighted by Crippen LogP contribution is -2.15. The smallest absolute Gasteiger partial charge is 0.367 e. The summed E-state index contributed by atoms with van der Waals surface area (Å²) in [5.74, 6) is -0.834. The van der Waals surface area contributed by atoms with E-state index in [0.717, 1.165) is 50.9 Å². The van der Waals surface area contributed by atoms with Crippen molar-refractivity contribution in [2.75, 3.05) is 26.6 Å². The fraction of sp³-hybridized carbons (Fsp3) is 0.400. The molecule has 4 aromatic rings. The minimum Gasteiger partial charge on any atom is -0.367 e. The fourth-order valence-electron chi connectivity index (χ4n) is 4.35. The van der Waals surface area contributed by atoms with Gasteiger partial charge in [0.1, 0.15) is 34.1 Å². The summed E-state index contributed by atoms with van der Waals surface area (Å²) < 4.78 is 117. The fourth-order valence-corrected chi connectivity index (χ4v) is 4.49. The largest absolute Gasteiger partial charge is 0.421 e. The van der Waals surface area contributed by atoms with Crippen molar-refractivity contribution in [2.45, 2.75) is 75.2 Å². The lowest BCUT2D eigenvalue weighted by molar-refractivity contribution is -0.138. The first kappa shape index (κ1) is 35.9. The molecule has 3 fully saturated rings. The maximum atomic E-state index is 13.3. The van der Waals surface area contributed by atoms with Crippen LogP contribution in [0.4, 0.5) is 80.2 Å². The summed E-state index contributed by atoms with van der Waals surface area (Å²) in [7, 11) is 0. The van der Waals surface area contributed by atoms with Crippen LogP contribution in [0.3, 0.4) is 0 Å². The van der Waals surface area contributed by atoms with E-state index in [0.29, 0.717) is 17.6 Å². The van der Waals surface area contributed by atoms with Crippen molar-refractivity contribution in [3.63, 3.8) is 0 Å². The van der Waals surface area contributed by atoms with Gasteiger partial charge in [-0.05, 0) is 74.4 Å². The highest BCUT2D eigenvalue weighted by Gasteiger charge is 2.39. The zero-order valence-electron chi connectivity index (χ0n) is 26.0. The van der Waals surface area contributed by atoms with Gasteiger partial charge in [0.25, 0.3) is 0 Å². The van der Waals surface area contributed by atoms with E-state index in [1.165, 1.54) is 0 Å². The molecule has 0 radical (unpaired) electrons. The lowest BCUT2D eigenvalue weighted by Gasteiger charge is -2.15. The second-order valence-corrected chi connectivity index (χ2v) is 12.2. The van der Waals surface area contributed by atoms with Crippen LogP contribution in [-0.2, 0) is 18.5 Å². The molecule has 0 aliphatic heterocycles. The van der Waals surface area contributed by atoms with Gasteiger partial charge in [-0.1, -0.05) is 0 Å². The standard InChI is InChI=1S/C22H20F6N8.C8H7ClF3N3/c23-21(24,25)15-9-29-19(35-17(15)31-11-1-2-11)33-13-5-7-14(8-6-13)34-20-30-10-16(22(26,27)28)18(36-20)32-12-3-4-12;9-7-13-3-5(8(10,11)12)6(15-7)14-4-1-2-4/h5-12H,1-4H2,(H2,29,31,33,35)(H2,30,32,34,36);3-4H,1-2H2,(H,13,14,15). The number of hydrogen-bond acceptors (Lipinski definition) is 11. The molecule has 3 saturated carbocycles. The maximum absolute atomic E-state index is 13.3. The lowest BCUT2D eigenvalue weighted by atomic mass is 10.2. The van der Waals surface area contributed by atoms with E-state index >= 15 is 0 Å². The van der Waals surface area contributed by atoms with Crippen molar-refractivity contribution in [3.05, 3.63) is 64.8 Å². The molecule has 0 spiro atoms. The van der Waals surface area contributed by atoms with Gasteiger partial charge < -0.3 is 26.6 Å². The summed E-state index contributed by atoms with van der Waals surface area (Å²) >= 11 is 5.44. The Balaban J connectivity index is 0.000000249. The van der Waals surface area contributed by atoms with E-state index in [2.05, 4.69) is 56.5 Å². The van der Waals surface area contributed by atoms with E-state index in [9.17, 15) is 39.5 Å². The summed E-state index contributed by atoms with van der Waals surface area (Å²) in [4.78, 5) is 22.4. The molecule has 0 amide bonds. The van der Waals surface area contributed by atoms with Crippen LogP contribution in [0, 0.1) is 0 Å². The molecule has 1 aromatic carbocycles. The molecule has 3 heterocycles. The molecule has 0 unspecified atom stereocenters. The zero-order chi connectivity index (χ0) is 36.6. The Morgan fingerprint density at radius 2 is 0.804 bits per heavy atom. The molecule has 272 valence electrons. The molecule has 3 aliphatic carbocycles. The Morgan fingerprint density at radius 3 is 1.12 bits per heavy atom. The van der Waals surface area contributed by atoms with Gasteiger partial charge in [0.2, 0.25) is 17.2 Å². The second-order valence-electron chi connectivity index (χ2n) is 11.9. The number of rotatable bonds is 10. The van der Waals surface area contributed by atoms with Gasteiger partial charge in [0.05, 0.1) is 0 Å². The molecule has 3 aromatic heterocycles. The molecule has 0 saturated heterocycles. The molecule has 0 bridgehead atoms. The van der Waals surface area contributed by atoms with Crippen LogP contribution < -0.4 is 26.6 Å². The first-order chi connectivity index (χ1) is 24.0. The normalized spacial score (nSPS) is 16.1. The number of hydrogen-bond donors (Lipinski definition) is 5. The van der Waals surface area contributed by atoms with Crippen molar-refractivity contribution >= 4 is 52.3 Å². The third kappa shape index (κ3) is 10.1. The quantitative estimate of drug-likeness (QED) is 0.0787. The van der Waals surface area contributed by atoms with E-state index in [1.807, 2.05) is 0 Å². The predicted molar refractivity (Wildman–Crippen MR) is 169 cm³/mol. The number of benzene rings is 1. The van der Waals surface area contributed by atoms with Gasteiger partial charge in [0, 0.05) is 48.1 Å². The number of nitrogens with one attached hydrogen (secondary N) is 5. The van der Waals surface area contributed by atoms with Crippen LogP contribution in [0.5, 0.6) is 0 Å². The maximum Gasteiger partial charge on any atom is 0.421 e. The number of nitrogens with zero attached hydrogens (tertiary/aromatic N) is 6. The molecule has 7 rings (SSSR count). The van der Waals surface area contributed by atoms with Crippen molar-refractivity contribution in [1.29, 1.82) is 0 Å². The summed E-state index contributed by atoms with van der Waals surface area (Å²) in [6.45, 7) is 0. The Kier molecular flexibility index (Phi) is 9.88. The van der Waals surface area contributed by atoms with Crippen LogP contribution >= 0.6 is 11.6 Å². The SMILES string of the molecule is FC(F)(F)c1cnc(Cl)nc1NC1CC1.FC(F)(F)c1cnc(Nc2ccc(Nc3ncc(C(F)(F)F)c(NC4CC4)n3)cc2)nc1NC1CC1. The number of anilines is 7. The first-order valence-electron chi connectivity index (χ1n) is 15.4. The van der Waals surface area contributed by atoms with Gasteiger partial charge in [-0.2, -0.15) is 49.5 Å². The topological polar surface area (TPSA) is 137 Å². The molecule has 5 N–H and O–H groups in total. The molecule has 3 aliphatic rings. The molecule has 21 heteroatoms. The monoisotopic (exact) mass is 747 g/mol. The third-order valence-corrected chi connectivity index (χ3v) is 7.59. The summed E-state index contributed by atoms with van der Waals surface area (Å²) in [5, 5.41) is 13.7. The highest BCUT2D eigenvalue weighted by atomic mass is 35.5. The minimum atomic E-state index is -4.59. The zero-order valence-corrected chi connectivity index (χ0v) is 26.7. The van der Waals surface area contributed by atoms with Crippen molar-refractivity contribution in [1.82, 2.24) is 29.9 Å². The van der Waals surface area contributed by atoms with Gasteiger partial charge in [-0.3, -0.25) is 0 Å². The van der Waals surface area contributed by atoms with E-state index in [1.54, 1.807) is 24.3 Å². The van der Waals surface area contributed by atoms with E-state index in [4.69, 9.17) is 11.6 Å². The summed E-state index contributed by atoms with van der Waals surface area (Å²) in [5.41, 5.74) is -1.78. The average molecular weight is 748 g/mol. The van der Waals surface area contributed by atoms with Gasteiger partial charge in [-0.15, -0.1) is 0 Å². The van der Waals surface area contributed by atoms with Crippen LogP contribution in [0.2, 0.25) is 5.28 Å². The van der Waals surface area contributed by atoms with Gasteiger partial charge in [0.15, 0.2) is 0 Å². The van der Waals surface area contributed by atoms with Crippen molar-refractivity contribution < 1.29 is 39.5 Å². The highest BCUT2D eigenvalue weighted by molar-refractivity contribution is 6.28. The van der Waals surface area contributed by atoms with Crippen molar-refractivity contribution in [2.24, 2.45) is 0 Å². The molecule has 0 atom stereocenters. The number of alkyl halides is 9. The van der Waals surface area contributed by atoms with Gasteiger partial charge in [-0.25, -0.2) is 19.9 Å². The van der Waals surface area contributed by atoms with Crippen LogP contribution in [0.15, 0.2) is 42.9 Å². The van der Waals surface area contributed by atoms with Crippen LogP contribution in [-0.4, -0.2) is 48.0 Å². The predicted octanol–water partition coefficient (Wildman–Crippen LogP) is 8.66. The Morgan fingerprint density at radius 1 is 0.490 bits per heavy atom. The van der Waals surface area contributed by atoms with Gasteiger partial charge >= 0.3 is 18.5 Å². The number of halogens is 10. The molecule has 51 heavy (non-hydrogen) atoms. The summed E-state index contributed by atoms with van der Waals surface area (Å²) in [6.07, 6.45) is -6.65. The average Bonchev–Trinajstić information content (AvgIpc) is 3.87. The Labute approximate surface area is 288 Å². The van der Waals surface area contributed by atoms with Crippen LogP contribution in [0.1, 0.15) is 55.2 Å². The highest BCUT2D eigenvalue weighted by Crippen LogP contribution is 2.39. The Hall–Kier alpha value is -4.88. The minimum absolute atomic E-state index is 0.0197. The molecular weight excluding hydrogens is 721 g/mol. The first-order valence-corrected chi connectivity index (χ1v) is 15.8. The number of aromatic nitrogens is 6. The summed E-state index contributed by atoms with van der Waals surface area (Å²) in [6, 6.07) is 6.42. The Bertz CT molecular complexity index is 1750.